The van der Waals surface area contributed by atoms with E-state index in [1.54, 1.807) is 18.2 Å². The quantitative estimate of drug-likeness (QED) is 0.717. The molecular formula is C19H21N5O2. The first-order valence-electron chi connectivity index (χ1n) is 8.82. The molecule has 1 aromatic carbocycles. The zero-order chi connectivity index (χ0) is 18.1. The predicted octanol–water partition coefficient (Wildman–Crippen LogP) is 1.54. The van der Waals surface area contributed by atoms with E-state index in [1.807, 2.05) is 35.0 Å². The van der Waals surface area contributed by atoms with Gasteiger partial charge in [0.15, 0.2) is 0 Å². The number of aryl methyl sites for hydroxylation is 1. The van der Waals surface area contributed by atoms with Crippen molar-refractivity contribution in [3.8, 4) is 0 Å². The number of para-hydroxylation sites is 1. The van der Waals surface area contributed by atoms with Crippen LogP contribution in [0.4, 0.5) is 0 Å². The summed E-state index contributed by atoms with van der Waals surface area (Å²) in [6, 6.07) is 7.19. The van der Waals surface area contributed by atoms with Crippen LogP contribution in [0.1, 0.15) is 24.6 Å². The number of hydrogen-bond donors (Lipinski definition) is 0. The number of imidazole rings is 1. The number of hydrogen-bond acceptors (Lipinski definition) is 4. The fraction of sp³-hybridized carbons (Fsp3) is 0.368. The van der Waals surface area contributed by atoms with Crippen molar-refractivity contribution < 1.29 is 4.79 Å². The van der Waals surface area contributed by atoms with Crippen LogP contribution in [0.15, 0.2) is 47.8 Å². The molecule has 0 N–H and O–H groups in total. The van der Waals surface area contributed by atoms with E-state index < -0.39 is 0 Å². The third-order valence-electron chi connectivity index (χ3n) is 5.11. The molecule has 3 aromatic rings. The van der Waals surface area contributed by atoms with E-state index in [0.29, 0.717) is 29.9 Å². The van der Waals surface area contributed by atoms with Crippen LogP contribution in [-0.4, -0.2) is 43.0 Å². The molecule has 26 heavy (non-hydrogen) atoms. The van der Waals surface area contributed by atoms with E-state index in [2.05, 4.69) is 9.97 Å². The SMILES string of the molecule is Cn1ccnc1C1CCN(C(=O)Cn2cnc3ccccc3c2=O)CC1. The van der Waals surface area contributed by atoms with Gasteiger partial charge >= 0.3 is 0 Å². The smallest absolute Gasteiger partial charge is 0.261 e. The first-order valence-corrected chi connectivity index (χ1v) is 8.82. The molecule has 7 heteroatoms. The first-order chi connectivity index (χ1) is 12.6. The highest BCUT2D eigenvalue weighted by atomic mass is 16.2. The Morgan fingerprint density at radius 2 is 1.96 bits per heavy atom. The molecule has 0 saturated carbocycles. The minimum Gasteiger partial charge on any atom is -0.341 e. The van der Waals surface area contributed by atoms with Crippen LogP contribution in [0.3, 0.4) is 0 Å². The van der Waals surface area contributed by atoms with Crippen molar-refractivity contribution in [1.29, 1.82) is 0 Å². The van der Waals surface area contributed by atoms with Crippen molar-refractivity contribution in [1.82, 2.24) is 24.0 Å². The van der Waals surface area contributed by atoms with Crippen LogP contribution >= 0.6 is 0 Å². The Labute approximate surface area is 150 Å². The van der Waals surface area contributed by atoms with E-state index in [-0.39, 0.29) is 18.0 Å². The maximum absolute atomic E-state index is 12.6. The number of aromatic nitrogens is 4. The van der Waals surface area contributed by atoms with Crippen molar-refractivity contribution in [2.45, 2.75) is 25.3 Å². The van der Waals surface area contributed by atoms with Crippen LogP contribution in [0, 0.1) is 0 Å². The molecule has 0 spiro atoms. The zero-order valence-electron chi connectivity index (χ0n) is 14.7. The van der Waals surface area contributed by atoms with Crippen molar-refractivity contribution in [2.24, 2.45) is 7.05 Å². The number of benzene rings is 1. The van der Waals surface area contributed by atoms with E-state index >= 15 is 0 Å². The Bertz CT molecular complexity index is 998. The molecule has 3 heterocycles. The van der Waals surface area contributed by atoms with Gasteiger partial charge in [0.2, 0.25) is 5.91 Å². The monoisotopic (exact) mass is 351 g/mol. The van der Waals surface area contributed by atoms with E-state index in [9.17, 15) is 9.59 Å². The Balaban J connectivity index is 1.44. The number of likely N-dealkylation sites (tertiary alicyclic amines) is 1. The minimum absolute atomic E-state index is 0.0315. The topological polar surface area (TPSA) is 73.0 Å². The van der Waals surface area contributed by atoms with Gasteiger partial charge in [-0.2, -0.15) is 0 Å². The molecule has 1 saturated heterocycles. The summed E-state index contributed by atoms with van der Waals surface area (Å²) in [5, 5.41) is 0.538. The molecule has 0 bridgehead atoms. The van der Waals surface area contributed by atoms with Gasteiger partial charge in [0.05, 0.1) is 17.2 Å². The number of fused-ring (bicyclic) bond motifs is 1. The van der Waals surface area contributed by atoms with Crippen molar-refractivity contribution >= 4 is 16.8 Å². The predicted molar refractivity (Wildman–Crippen MR) is 97.8 cm³/mol. The second-order valence-corrected chi connectivity index (χ2v) is 6.75. The average Bonchev–Trinajstić information content (AvgIpc) is 3.10. The fourth-order valence-corrected chi connectivity index (χ4v) is 3.62. The van der Waals surface area contributed by atoms with Gasteiger partial charge in [-0.1, -0.05) is 12.1 Å². The molecule has 134 valence electrons. The zero-order valence-corrected chi connectivity index (χ0v) is 14.7. The maximum Gasteiger partial charge on any atom is 0.261 e. The summed E-state index contributed by atoms with van der Waals surface area (Å²) < 4.78 is 3.44. The van der Waals surface area contributed by atoms with Gasteiger partial charge in [-0.15, -0.1) is 0 Å². The van der Waals surface area contributed by atoms with Crippen LogP contribution in [0.2, 0.25) is 0 Å². The first kappa shape index (κ1) is 16.5. The molecule has 2 aromatic heterocycles. The Morgan fingerprint density at radius 1 is 1.19 bits per heavy atom. The molecule has 0 aliphatic carbocycles. The standard InChI is InChI=1S/C19H21N5O2/c1-22-11-8-20-18(22)14-6-9-23(10-7-14)17(25)12-24-13-21-16-5-3-2-4-15(16)19(24)26/h2-5,8,11,13-14H,6-7,9-10,12H2,1H3. The maximum atomic E-state index is 12.6. The van der Waals surface area contributed by atoms with E-state index in [4.69, 9.17) is 0 Å². The third kappa shape index (κ3) is 3.00. The Hall–Kier alpha value is -2.96. The molecule has 0 atom stereocenters. The summed E-state index contributed by atoms with van der Waals surface area (Å²) in [5.74, 6) is 1.42. The molecular weight excluding hydrogens is 330 g/mol. The van der Waals surface area contributed by atoms with Crippen LogP contribution in [-0.2, 0) is 18.4 Å². The summed E-state index contributed by atoms with van der Waals surface area (Å²) in [7, 11) is 2.00. The van der Waals surface area contributed by atoms with Gasteiger partial charge in [0.25, 0.3) is 5.56 Å². The number of piperidine rings is 1. The van der Waals surface area contributed by atoms with Gasteiger partial charge in [-0.05, 0) is 25.0 Å². The van der Waals surface area contributed by atoms with Gasteiger partial charge in [0, 0.05) is 38.4 Å². The molecule has 0 unspecified atom stereocenters. The largest absolute Gasteiger partial charge is 0.341 e. The number of carbonyl (C=O) groups excluding carboxylic acids is 1. The summed E-state index contributed by atoms with van der Waals surface area (Å²) in [6.07, 6.45) is 7.00. The summed E-state index contributed by atoms with van der Waals surface area (Å²) in [5.41, 5.74) is 0.476. The lowest BCUT2D eigenvalue weighted by Gasteiger charge is -2.31. The lowest BCUT2D eigenvalue weighted by Crippen LogP contribution is -2.41. The number of nitrogens with zero attached hydrogens (tertiary/aromatic N) is 5. The highest BCUT2D eigenvalue weighted by Gasteiger charge is 2.26. The lowest BCUT2D eigenvalue weighted by atomic mass is 9.96. The fourth-order valence-electron chi connectivity index (χ4n) is 3.62. The molecule has 1 fully saturated rings. The lowest BCUT2D eigenvalue weighted by molar-refractivity contribution is -0.133. The highest BCUT2D eigenvalue weighted by Crippen LogP contribution is 2.26. The van der Waals surface area contributed by atoms with E-state index in [0.717, 1.165) is 18.7 Å². The Kier molecular flexibility index (Phi) is 4.28. The number of carbonyl (C=O) groups is 1. The highest BCUT2D eigenvalue weighted by molar-refractivity contribution is 5.79. The molecule has 4 rings (SSSR count). The second-order valence-electron chi connectivity index (χ2n) is 6.75. The summed E-state index contributed by atoms with van der Waals surface area (Å²) in [6.45, 7) is 1.40. The number of rotatable bonds is 3. The molecule has 1 amide bonds. The van der Waals surface area contributed by atoms with Crippen LogP contribution < -0.4 is 5.56 Å². The van der Waals surface area contributed by atoms with Gasteiger partial charge < -0.3 is 9.47 Å². The minimum atomic E-state index is -0.174. The van der Waals surface area contributed by atoms with Gasteiger partial charge in [0.1, 0.15) is 12.4 Å². The average molecular weight is 351 g/mol. The van der Waals surface area contributed by atoms with Gasteiger partial charge in [-0.3, -0.25) is 14.2 Å². The molecule has 0 radical (unpaired) electrons. The van der Waals surface area contributed by atoms with Crippen molar-refractivity contribution in [2.75, 3.05) is 13.1 Å². The van der Waals surface area contributed by atoms with Crippen LogP contribution in [0.25, 0.3) is 10.9 Å². The van der Waals surface area contributed by atoms with E-state index in [1.165, 1.54) is 10.9 Å². The van der Waals surface area contributed by atoms with Crippen molar-refractivity contribution in [3.05, 3.63) is 59.2 Å². The van der Waals surface area contributed by atoms with Crippen LogP contribution in [0.5, 0.6) is 0 Å². The summed E-state index contributed by atoms with van der Waals surface area (Å²) >= 11 is 0. The second kappa shape index (κ2) is 6.74. The molecule has 7 nitrogen and oxygen atoms in total. The van der Waals surface area contributed by atoms with Crippen molar-refractivity contribution in [3.63, 3.8) is 0 Å². The molecule has 1 aliphatic rings. The van der Waals surface area contributed by atoms with Gasteiger partial charge in [-0.25, -0.2) is 9.97 Å². The summed E-state index contributed by atoms with van der Waals surface area (Å²) in [4.78, 5) is 35.7. The molecule has 1 aliphatic heterocycles. The normalized spacial score (nSPS) is 15.5. The number of amides is 1. The third-order valence-corrected chi connectivity index (χ3v) is 5.11. The Morgan fingerprint density at radius 3 is 2.69 bits per heavy atom.